The molecule has 0 spiro atoms. The van der Waals surface area contributed by atoms with Gasteiger partial charge >= 0.3 is 0 Å². The quantitative estimate of drug-likeness (QED) is 0.373. The van der Waals surface area contributed by atoms with Crippen molar-refractivity contribution >= 4 is 34.8 Å². The molecule has 3 aromatic rings. The summed E-state index contributed by atoms with van der Waals surface area (Å²) in [5, 5.41) is 1.31. The van der Waals surface area contributed by atoms with Crippen LogP contribution in [0.2, 0.25) is 10.0 Å². The second-order valence-corrected chi connectivity index (χ2v) is 6.42. The molecule has 0 aliphatic carbocycles. The molecule has 0 fully saturated rings. The van der Waals surface area contributed by atoms with Crippen molar-refractivity contribution in [2.24, 2.45) is 0 Å². The zero-order valence-electron chi connectivity index (χ0n) is 11.6. The summed E-state index contributed by atoms with van der Waals surface area (Å²) in [6.45, 7) is 0. The van der Waals surface area contributed by atoms with E-state index in [0.29, 0.717) is 10.0 Å². The number of hydrogen-bond acceptors (Lipinski definition) is 0. The van der Waals surface area contributed by atoms with Crippen LogP contribution in [0, 0.1) is 0 Å². The van der Waals surface area contributed by atoms with Crippen molar-refractivity contribution in [2.45, 2.75) is 4.87 Å². The minimum Gasteiger partial charge on any atom is -0.103 e. The number of benzene rings is 3. The first-order valence-electron chi connectivity index (χ1n) is 6.88. The molecule has 0 nitrogen and oxygen atoms in total. The van der Waals surface area contributed by atoms with Crippen LogP contribution in [-0.4, -0.2) is 0 Å². The van der Waals surface area contributed by atoms with Crippen molar-refractivity contribution in [3.8, 4) is 0 Å². The van der Waals surface area contributed by atoms with Crippen LogP contribution < -0.4 is 0 Å². The van der Waals surface area contributed by atoms with Gasteiger partial charge in [0.2, 0.25) is 0 Å². The summed E-state index contributed by atoms with van der Waals surface area (Å²) in [7, 11) is 0. The molecule has 0 saturated heterocycles. The SMILES string of the molecule is Clc1ccc(C(Cl)(c2ccccc2)c2ccccc2Cl)cc1. The molecule has 0 bridgehead atoms. The van der Waals surface area contributed by atoms with E-state index in [0.717, 1.165) is 16.7 Å². The first-order valence-corrected chi connectivity index (χ1v) is 8.01. The van der Waals surface area contributed by atoms with E-state index in [4.69, 9.17) is 34.8 Å². The maximum Gasteiger partial charge on any atom is 0.121 e. The van der Waals surface area contributed by atoms with Gasteiger partial charge in [-0.3, -0.25) is 0 Å². The Bertz CT molecular complexity index is 766. The second-order valence-electron chi connectivity index (χ2n) is 5.01. The van der Waals surface area contributed by atoms with Crippen LogP contribution in [0.3, 0.4) is 0 Å². The molecular weight excluding hydrogens is 335 g/mol. The van der Waals surface area contributed by atoms with E-state index in [2.05, 4.69) is 0 Å². The third kappa shape index (κ3) is 2.75. The fourth-order valence-electron chi connectivity index (χ4n) is 2.57. The van der Waals surface area contributed by atoms with Crippen molar-refractivity contribution in [1.29, 1.82) is 0 Å². The molecule has 0 aliphatic rings. The Balaban J connectivity index is 2.27. The van der Waals surface area contributed by atoms with Crippen LogP contribution in [0.15, 0.2) is 78.9 Å². The molecule has 0 heterocycles. The van der Waals surface area contributed by atoms with E-state index in [9.17, 15) is 0 Å². The van der Waals surface area contributed by atoms with Crippen LogP contribution >= 0.6 is 34.8 Å². The van der Waals surface area contributed by atoms with Gasteiger partial charge in [0.05, 0.1) is 0 Å². The maximum absolute atomic E-state index is 7.15. The minimum absolute atomic E-state index is 0.635. The normalized spacial score (nSPS) is 13.6. The fourth-order valence-corrected chi connectivity index (χ4v) is 3.43. The predicted molar refractivity (Wildman–Crippen MR) is 95.1 cm³/mol. The molecule has 22 heavy (non-hydrogen) atoms. The van der Waals surface area contributed by atoms with Crippen molar-refractivity contribution in [1.82, 2.24) is 0 Å². The van der Waals surface area contributed by atoms with Gasteiger partial charge in [-0.2, -0.15) is 0 Å². The molecule has 0 amide bonds. The van der Waals surface area contributed by atoms with Gasteiger partial charge in [0.15, 0.2) is 0 Å². The molecule has 110 valence electrons. The van der Waals surface area contributed by atoms with Crippen LogP contribution in [0.4, 0.5) is 0 Å². The molecule has 3 heteroatoms. The van der Waals surface area contributed by atoms with Gasteiger partial charge in [-0.25, -0.2) is 0 Å². The zero-order chi connectivity index (χ0) is 15.6. The van der Waals surface area contributed by atoms with Gasteiger partial charge < -0.3 is 0 Å². The molecule has 0 aliphatic heterocycles. The number of alkyl halides is 1. The highest BCUT2D eigenvalue weighted by molar-refractivity contribution is 6.35. The number of hydrogen-bond donors (Lipinski definition) is 0. The molecule has 0 N–H and O–H groups in total. The Labute approximate surface area is 145 Å². The largest absolute Gasteiger partial charge is 0.121 e. The smallest absolute Gasteiger partial charge is 0.103 e. The van der Waals surface area contributed by atoms with Gasteiger partial charge in [-0.05, 0) is 29.3 Å². The van der Waals surface area contributed by atoms with Crippen molar-refractivity contribution in [2.75, 3.05) is 0 Å². The highest BCUT2D eigenvalue weighted by atomic mass is 35.5. The summed E-state index contributed by atoms with van der Waals surface area (Å²) in [5.41, 5.74) is 2.75. The summed E-state index contributed by atoms with van der Waals surface area (Å²) in [5.74, 6) is 0. The zero-order valence-corrected chi connectivity index (χ0v) is 13.9. The highest BCUT2D eigenvalue weighted by Gasteiger charge is 2.35. The molecule has 1 unspecified atom stereocenters. The van der Waals surface area contributed by atoms with E-state index < -0.39 is 4.87 Å². The lowest BCUT2D eigenvalue weighted by Crippen LogP contribution is -2.22. The molecule has 0 saturated carbocycles. The monoisotopic (exact) mass is 346 g/mol. The molecule has 3 aromatic carbocycles. The number of halogens is 3. The van der Waals surface area contributed by atoms with Gasteiger partial charge in [0.25, 0.3) is 0 Å². The maximum atomic E-state index is 7.15. The molecule has 1 atom stereocenters. The third-order valence-electron chi connectivity index (χ3n) is 3.66. The summed E-state index contributed by atoms with van der Waals surface area (Å²) in [6, 6.07) is 25.1. The van der Waals surface area contributed by atoms with Crippen molar-refractivity contribution < 1.29 is 0 Å². The lowest BCUT2D eigenvalue weighted by Gasteiger charge is -2.30. The molecule has 3 rings (SSSR count). The Morgan fingerprint density at radius 2 is 1.14 bits per heavy atom. The van der Waals surface area contributed by atoms with Crippen molar-refractivity contribution in [3.05, 3.63) is 106 Å². The topological polar surface area (TPSA) is 0 Å². The average Bonchev–Trinajstić information content (AvgIpc) is 2.56. The number of rotatable bonds is 3. The molecular formula is C19H13Cl3. The van der Waals surface area contributed by atoms with Crippen LogP contribution in [-0.2, 0) is 4.87 Å². The van der Waals surface area contributed by atoms with E-state index in [1.54, 1.807) is 0 Å². The van der Waals surface area contributed by atoms with Gasteiger partial charge in [0.1, 0.15) is 4.87 Å². The van der Waals surface area contributed by atoms with E-state index >= 15 is 0 Å². The summed E-state index contributed by atoms with van der Waals surface area (Å²) in [6.07, 6.45) is 0. The van der Waals surface area contributed by atoms with Gasteiger partial charge in [0, 0.05) is 15.6 Å². The summed E-state index contributed by atoms with van der Waals surface area (Å²) in [4.78, 5) is -0.857. The Hall–Kier alpha value is -1.47. The first kappa shape index (κ1) is 15.4. The Morgan fingerprint density at radius 3 is 1.77 bits per heavy atom. The van der Waals surface area contributed by atoms with Crippen LogP contribution in [0.5, 0.6) is 0 Å². The predicted octanol–water partition coefficient (Wildman–Crippen LogP) is 6.52. The third-order valence-corrected chi connectivity index (χ3v) is 4.88. The summed E-state index contributed by atoms with van der Waals surface area (Å²) < 4.78 is 0. The van der Waals surface area contributed by atoms with Crippen molar-refractivity contribution in [3.63, 3.8) is 0 Å². The molecule has 0 aromatic heterocycles. The standard InChI is InChI=1S/C19H13Cl3/c20-16-12-10-15(11-13-16)19(22,14-6-2-1-3-7-14)17-8-4-5-9-18(17)21/h1-13H. The first-order chi connectivity index (χ1) is 10.6. The fraction of sp³-hybridized carbons (Fsp3) is 0.0526. The van der Waals surface area contributed by atoms with E-state index in [-0.39, 0.29) is 0 Å². The lowest BCUT2D eigenvalue weighted by molar-refractivity contribution is 0.880. The van der Waals surface area contributed by atoms with E-state index in [1.165, 1.54) is 0 Å². The van der Waals surface area contributed by atoms with Gasteiger partial charge in [-0.15, -0.1) is 11.6 Å². The average molecular weight is 348 g/mol. The van der Waals surface area contributed by atoms with Crippen LogP contribution in [0.25, 0.3) is 0 Å². The minimum atomic E-state index is -0.857. The summed E-state index contributed by atoms with van der Waals surface area (Å²) >= 11 is 19.6. The molecule has 0 radical (unpaired) electrons. The second kappa shape index (κ2) is 6.34. The highest BCUT2D eigenvalue weighted by Crippen LogP contribution is 2.45. The Kier molecular flexibility index (Phi) is 4.44. The van der Waals surface area contributed by atoms with E-state index in [1.807, 2.05) is 78.9 Å². The van der Waals surface area contributed by atoms with Crippen LogP contribution in [0.1, 0.15) is 16.7 Å². The lowest BCUT2D eigenvalue weighted by atomic mass is 9.84. The van der Waals surface area contributed by atoms with Gasteiger partial charge in [-0.1, -0.05) is 83.9 Å². The Morgan fingerprint density at radius 1 is 0.591 bits per heavy atom.